The Hall–Kier alpha value is -6.52. The lowest BCUT2D eigenvalue weighted by Gasteiger charge is -2.13. The fraction of sp³-hybridized carbons (Fsp3) is 0.0222. The van der Waals surface area contributed by atoms with Gasteiger partial charge in [-0.1, -0.05) is 127 Å². The molecule has 1 N–H and O–H groups in total. The molecule has 0 bridgehead atoms. The lowest BCUT2D eigenvalue weighted by molar-refractivity contribution is -0.120. The topological polar surface area (TPSA) is 63.6 Å². The van der Waals surface area contributed by atoms with Gasteiger partial charge in [0.15, 0.2) is 0 Å². The van der Waals surface area contributed by atoms with Crippen LogP contribution in [-0.4, -0.2) is 17.5 Å². The van der Waals surface area contributed by atoms with E-state index in [9.17, 15) is 14.7 Å². The van der Waals surface area contributed by atoms with Gasteiger partial charge in [-0.25, -0.2) is 4.79 Å². The van der Waals surface area contributed by atoms with Crippen LogP contribution in [0.3, 0.4) is 0 Å². The molecule has 49 heavy (non-hydrogen) atoms. The highest BCUT2D eigenvalue weighted by atomic mass is 16.5. The number of hydrogen-bond donors (Lipinski definition) is 1. The van der Waals surface area contributed by atoms with Gasteiger partial charge in [-0.2, -0.15) is 0 Å². The van der Waals surface area contributed by atoms with Crippen molar-refractivity contribution in [3.63, 3.8) is 0 Å². The molecule has 7 aromatic carbocycles. The summed E-state index contributed by atoms with van der Waals surface area (Å²) in [5.41, 5.74) is 14.6. The minimum absolute atomic E-state index is 0.270. The zero-order valence-electron chi connectivity index (χ0n) is 26.8. The first kappa shape index (κ1) is 31.1. The number of aromatic carboxylic acids is 1. The van der Waals surface area contributed by atoms with E-state index in [1.165, 1.54) is 16.7 Å². The number of carbonyl (C=O) groups excluding carboxylic acids is 1. The zero-order valence-corrected chi connectivity index (χ0v) is 26.8. The molecule has 0 saturated carbocycles. The van der Waals surface area contributed by atoms with Crippen LogP contribution in [-0.2, 0) is 4.79 Å². The normalized spacial score (nSPS) is 10.8. The summed E-state index contributed by atoms with van der Waals surface area (Å²) in [6.07, 6.45) is 0. The molecule has 0 aliphatic heterocycles. The molecular formula is C45H32O4. The fourth-order valence-corrected chi connectivity index (χ4v) is 6.03. The second kappa shape index (κ2) is 13.7. The van der Waals surface area contributed by atoms with Gasteiger partial charge in [-0.15, -0.1) is 0 Å². The van der Waals surface area contributed by atoms with Gasteiger partial charge in [0.05, 0.1) is 5.56 Å². The maximum absolute atomic E-state index is 11.3. The summed E-state index contributed by atoms with van der Waals surface area (Å²) in [7, 11) is 0. The summed E-state index contributed by atoms with van der Waals surface area (Å²) in [5.74, 6) is -0.424. The molecule has 0 atom stereocenters. The third kappa shape index (κ3) is 6.95. The van der Waals surface area contributed by atoms with Gasteiger partial charge in [0.25, 0.3) is 6.47 Å². The van der Waals surface area contributed by atoms with E-state index in [0.29, 0.717) is 12.2 Å². The quantitative estimate of drug-likeness (QED) is 0.160. The van der Waals surface area contributed by atoms with Gasteiger partial charge in [-0.3, -0.25) is 4.79 Å². The molecule has 0 aromatic heterocycles. The molecule has 4 nitrogen and oxygen atoms in total. The van der Waals surface area contributed by atoms with Crippen LogP contribution < -0.4 is 4.74 Å². The van der Waals surface area contributed by atoms with E-state index in [0.717, 1.165) is 55.6 Å². The molecule has 236 valence electrons. The lowest BCUT2D eigenvalue weighted by atomic mass is 9.91. The summed E-state index contributed by atoms with van der Waals surface area (Å²) in [6, 6.07) is 55.3. The van der Waals surface area contributed by atoms with Crippen LogP contribution in [0.15, 0.2) is 164 Å². The van der Waals surface area contributed by atoms with Crippen molar-refractivity contribution in [1.29, 1.82) is 0 Å². The second-order valence-electron chi connectivity index (χ2n) is 12.0. The maximum Gasteiger partial charge on any atom is 0.335 e. The maximum atomic E-state index is 11.3. The SMILES string of the molecule is Cc1ccc(-c2ccc(-c3cc(-c4ccc(-c5ccc(OC=O)cc5)cc4)cc(-c4ccc(-c5ccc(C(=O)O)cc5)cc4)c3)cc2)cc1. The first-order valence-corrected chi connectivity index (χ1v) is 16.0. The Labute approximate surface area is 285 Å². The van der Waals surface area contributed by atoms with E-state index < -0.39 is 5.97 Å². The number of carboxylic acid groups (broad SMARTS) is 1. The number of hydrogen-bond acceptors (Lipinski definition) is 3. The number of carboxylic acids is 1. The van der Waals surface area contributed by atoms with Crippen LogP contribution in [0.2, 0.25) is 0 Å². The molecule has 0 saturated heterocycles. The van der Waals surface area contributed by atoms with E-state index in [1.807, 2.05) is 24.3 Å². The van der Waals surface area contributed by atoms with Gasteiger partial charge >= 0.3 is 5.97 Å². The number of carbonyl (C=O) groups is 2. The number of ether oxygens (including phenoxy) is 1. The average Bonchev–Trinajstić information content (AvgIpc) is 3.16. The predicted molar refractivity (Wildman–Crippen MR) is 197 cm³/mol. The van der Waals surface area contributed by atoms with Crippen LogP contribution in [0.1, 0.15) is 15.9 Å². The van der Waals surface area contributed by atoms with Crippen molar-refractivity contribution in [1.82, 2.24) is 0 Å². The molecule has 0 heterocycles. The van der Waals surface area contributed by atoms with Gasteiger partial charge in [0.2, 0.25) is 0 Å². The van der Waals surface area contributed by atoms with Crippen LogP contribution >= 0.6 is 0 Å². The largest absolute Gasteiger partial charge is 0.478 e. The number of benzene rings is 7. The van der Waals surface area contributed by atoms with Crippen LogP contribution in [0.25, 0.3) is 66.8 Å². The average molecular weight is 637 g/mol. The Bertz CT molecular complexity index is 2230. The Morgan fingerprint density at radius 3 is 1.00 bits per heavy atom. The van der Waals surface area contributed by atoms with E-state index in [-0.39, 0.29) is 5.56 Å². The van der Waals surface area contributed by atoms with Gasteiger partial charge in [-0.05, 0) is 116 Å². The van der Waals surface area contributed by atoms with Crippen LogP contribution in [0.4, 0.5) is 0 Å². The standard InChI is InChI=1S/C45H32O4/c1-30-2-4-31(5-3-30)32-6-12-37(13-7-32)41-26-42(38-14-8-33(9-15-38)35-18-20-40(21-19-35)45(47)48)28-43(27-41)39-16-10-34(11-17-39)36-22-24-44(25-23-36)49-29-46/h2-29H,1H3,(H,47,48). The molecule has 4 heteroatoms. The molecule has 0 fully saturated rings. The highest BCUT2D eigenvalue weighted by molar-refractivity contribution is 5.88. The van der Waals surface area contributed by atoms with Crippen LogP contribution in [0.5, 0.6) is 5.75 Å². The van der Waals surface area contributed by atoms with Crippen molar-refractivity contribution in [3.8, 4) is 72.5 Å². The third-order valence-corrected chi connectivity index (χ3v) is 8.81. The Kier molecular flexibility index (Phi) is 8.68. The zero-order chi connectivity index (χ0) is 33.7. The Morgan fingerprint density at radius 1 is 0.429 bits per heavy atom. The van der Waals surface area contributed by atoms with E-state index in [4.69, 9.17) is 4.74 Å². The molecule has 0 spiro atoms. The molecule has 7 rings (SSSR count). The van der Waals surface area contributed by atoms with Crippen molar-refractivity contribution in [2.24, 2.45) is 0 Å². The van der Waals surface area contributed by atoms with Crippen molar-refractivity contribution in [2.45, 2.75) is 6.92 Å². The highest BCUT2D eigenvalue weighted by Crippen LogP contribution is 2.36. The smallest absolute Gasteiger partial charge is 0.335 e. The fourth-order valence-electron chi connectivity index (χ4n) is 6.03. The Balaban J connectivity index is 1.24. The molecular weight excluding hydrogens is 604 g/mol. The minimum atomic E-state index is -0.933. The van der Waals surface area contributed by atoms with Gasteiger partial charge in [0, 0.05) is 0 Å². The summed E-state index contributed by atoms with van der Waals surface area (Å²) < 4.78 is 4.94. The molecule has 0 aliphatic rings. The van der Waals surface area contributed by atoms with Crippen molar-refractivity contribution in [3.05, 3.63) is 175 Å². The third-order valence-electron chi connectivity index (χ3n) is 8.81. The second-order valence-corrected chi connectivity index (χ2v) is 12.0. The number of aryl methyl sites for hydroxylation is 1. The summed E-state index contributed by atoms with van der Waals surface area (Å²) >= 11 is 0. The van der Waals surface area contributed by atoms with Crippen LogP contribution in [0, 0.1) is 6.92 Å². The van der Waals surface area contributed by atoms with Crippen molar-refractivity contribution >= 4 is 12.4 Å². The highest BCUT2D eigenvalue weighted by Gasteiger charge is 2.10. The van der Waals surface area contributed by atoms with Gasteiger partial charge in [0.1, 0.15) is 5.75 Å². The first-order chi connectivity index (χ1) is 23.9. The molecule has 0 aliphatic carbocycles. The predicted octanol–water partition coefficient (Wildman–Crippen LogP) is 11.2. The molecule has 7 aromatic rings. The lowest BCUT2D eigenvalue weighted by Crippen LogP contribution is -1.94. The monoisotopic (exact) mass is 636 g/mol. The molecule has 0 radical (unpaired) electrons. The van der Waals surface area contributed by atoms with Gasteiger partial charge < -0.3 is 9.84 Å². The molecule has 0 amide bonds. The van der Waals surface area contributed by atoms with E-state index in [2.05, 4.69) is 122 Å². The first-order valence-electron chi connectivity index (χ1n) is 16.0. The Morgan fingerprint density at radius 2 is 0.694 bits per heavy atom. The summed E-state index contributed by atoms with van der Waals surface area (Å²) in [5, 5.41) is 9.27. The summed E-state index contributed by atoms with van der Waals surface area (Å²) in [6.45, 7) is 2.53. The van der Waals surface area contributed by atoms with E-state index >= 15 is 0 Å². The molecule has 0 unspecified atom stereocenters. The summed E-state index contributed by atoms with van der Waals surface area (Å²) in [4.78, 5) is 22.0. The van der Waals surface area contributed by atoms with Crippen molar-refractivity contribution in [2.75, 3.05) is 0 Å². The minimum Gasteiger partial charge on any atom is -0.478 e. The van der Waals surface area contributed by atoms with E-state index in [1.54, 1.807) is 24.3 Å². The van der Waals surface area contributed by atoms with Crippen molar-refractivity contribution < 1.29 is 19.4 Å². The number of rotatable bonds is 9.